The van der Waals surface area contributed by atoms with Crippen molar-refractivity contribution in [1.82, 2.24) is 25.2 Å². The van der Waals surface area contributed by atoms with Crippen LogP contribution in [0.5, 0.6) is 5.88 Å². The number of hydrogen-bond acceptors (Lipinski definition) is 6. The van der Waals surface area contributed by atoms with Gasteiger partial charge in [0.15, 0.2) is 0 Å². The van der Waals surface area contributed by atoms with Crippen LogP contribution < -0.4 is 10.1 Å². The minimum atomic E-state index is -0.437. The van der Waals surface area contributed by atoms with Crippen LogP contribution in [-0.4, -0.2) is 52.4 Å². The van der Waals surface area contributed by atoms with E-state index in [1.807, 2.05) is 6.20 Å². The van der Waals surface area contributed by atoms with Gasteiger partial charge in [0.2, 0.25) is 11.7 Å². The molecule has 1 aliphatic rings. The lowest BCUT2D eigenvalue weighted by atomic mass is 9.95. The molecule has 0 bridgehead atoms. The summed E-state index contributed by atoms with van der Waals surface area (Å²) in [6, 6.07) is 7.11. The predicted octanol–water partition coefficient (Wildman–Crippen LogP) is 1.96. The summed E-state index contributed by atoms with van der Waals surface area (Å²) in [5.41, 5.74) is 1.53. The van der Waals surface area contributed by atoms with Gasteiger partial charge in [-0.05, 0) is 29.4 Å². The number of nitrogens with one attached hydrogen (secondary N) is 1. The number of amides is 2. The van der Waals surface area contributed by atoms with E-state index in [0.717, 1.165) is 5.56 Å². The molecule has 2 atom stereocenters. The molecule has 156 valence electrons. The van der Waals surface area contributed by atoms with E-state index in [9.17, 15) is 14.0 Å². The second-order valence-electron chi connectivity index (χ2n) is 7.05. The standard InChI is InChI=1S/C20H20FN5O4/c1-25-18(27)7-12(9-22-20(28)16-8-17(29-2)24-30-16)19(25)13-10-23-26(11-13)15-5-3-14(21)4-6-15/h3-6,8,10-12,19H,7,9H2,1-2H3,(H,22,28)/t12-,19+/m0/s1. The van der Waals surface area contributed by atoms with E-state index in [-0.39, 0.29) is 41.9 Å². The van der Waals surface area contributed by atoms with E-state index in [1.54, 1.807) is 35.0 Å². The Bertz CT molecular complexity index is 1060. The third kappa shape index (κ3) is 3.76. The van der Waals surface area contributed by atoms with Crippen molar-refractivity contribution in [3.8, 4) is 11.6 Å². The molecule has 3 heterocycles. The van der Waals surface area contributed by atoms with Gasteiger partial charge in [0.25, 0.3) is 11.8 Å². The first kappa shape index (κ1) is 19.6. The Morgan fingerprint density at radius 1 is 1.37 bits per heavy atom. The summed E-state index contributed by atoms with van der Waals surface area (Å²) in [5, 5.41) is 10.7. The monoisotopic (exact) mass is 413 g/mol. The summed E-state index contributed by atoms with van der Waals surface area (Å²) in [6.45, 7) is 0.268. The third-order valence-electron chi connectivity index (χ3n) is 5.18. The Labute approximate surface area is 171 Å². The van der Waals surface area contributed by atoms with Crippen molar-refractivity contribution in [2.75, 3.05) is 20.7 Å². The molecule has 1 fully saturated rings. The van der Waals surface area contributed by atoms with Crippen molar-refractivity contribution in [3.05, 3.63) is 59.9 Å². The van der Waals surface area contributed by atoms with Gasteiger partial charge in [-0.2, -0.15) is 5.10 Å². The molecule has 30 heavy (non-hydrogen) atoms. The van der Waals surface area contributed by atoms with Crippen molar-refractivity contribution in [2.45, 2.75) is 12.5 Å². The van der Waals surface area contributed by atoms with E-state index in [2.05, 4.69) is 15.6 Å². The number of halogens is 1. The number of rotatable bonds is 6. The van der Waals surface area contributed by atoms with Crippen molar-refractivity contribution in [2.24, 2.45) is 5.92 Å². The molecule has 0 radical (unpaired) electrons. The molecule has 0 aliphatic carbocycles. The van der Waals surface area contributed by atoms with Crippen molar-refractivity contribution >= 4 is 11.8 Å². The van der Waals surface area contributed by atoms with Gasteiger partial charge >= 0.3 is 0 Å². The van der Waals surface area contributed by atoms with Crippen LogP contribution in [0.25, 0.3) is 5.69 Å². The van der Waals surface area contributed by atoms with Gasteiger partial charge in [-0.25, -0.2) is 9.07 Å². The average molecular weight is 413 g/mol. The van der Waals surface area contributed by atoms with Crippen molar-refractivity contribution < 1.29 is 23.2 Å². The zero-order valence-electron chi connectivity index (χ0n) is 16.4. The van der Waals surface area contributed by atoms with Crippen LogP contribution in [0.1, 0.15) is 28.6 Å². The fourth-order valence-corrected chi connectivity index (χ4v) is 3.63. The predicted molar refractivity (Wildman–Crippen MR) is 103 cm³/mol. The van der Waals surface area contributed by atoms with Gasteiger partial charge in [-0.3, -0.25) is 9.59 Å². The number of methoxy groups -OCH3 is 1. The van der Waals surface area contributed by atoms with E-state index >= 15 is 0 Å². The lowest BCUT2D eigenvalue weighted by Crippen LogP contribution is -2.32. The van der Waals surface area contributed by atoms with Gasteiger partial charge in [0.05, 0.1) is 31.1 Å². The normalized spacial score (nSPS) is 18.6. The molecule has 2 aromatic heterocycles. The van der Waals surface area contributed by atoms with E-state index in [4.69, 9.17) is 9.26 Å². The molecule has 10 heteroatoms. The highest BCUT2D eigenvalue weighted by molar-refractivity contribution is 5.91. The number of nitrogens with zero attached hydrogens (tertiary/aromatic N) is 4. The molecular formula is C20H20FN5O4. The Kier molecular flexibility index (Phi) is 5.21. The number of hydrogen-bond donors (Lipinski definition) is 1. The van der Waals surface area contributed by atoms with Crippen LogP contribution >= 0.6 is 0 Å². The van der Waals surface area contributed by atoms with E-state index in [1.165, 1.54) is 25.3 Å². The zero-order valence-corrected chi connectivity index (χ0v) is 16.4. The van der Waals surface area contributed by atoms with Gasteiger partial charge in [0.1, 0.15) is 5.82 Å². The highest BCUT2D eigenvalue weighted by atomic mass is 19.1. The molecular weight excluding hydrogens is 393 g/mol. The maximum absolute atomic E-state index is 13.2. The Morgan fingerprint density at radius 2 is 2.13 bits per heavy atom. The van der Waals surface area contributed by atoms with Gasteiger partial charge in [-0.1, -0.05) is 0 Å². The maximum atomic E-state index is 13.2. The molecule has 1 aromatic carbocycles. The summed E-state index contributed by atoms with van der Waals surface area (Å²) in [6.07, 6.45) is 3.78. The lowest BCUT2D eigenvalue weighted by molar-refractivity contribution is -0.127. The molecule has 2 amide bonds. The molecule has 0 saturated carbocycles. The summed E-state index contributed by atoms with van der Waals surface area (Å²) in [4.78, 5) is 26.3. The smallest absolute Gasteiger partial charge is 0.290 e. The number of aromatic nitrogens is 3. The highest BCUT2D eigenvalue weighted by Gasteiger charge is 2.39. The number of ether oxygens (including phenoxy) is 1. The molecule has 4 rings (SSSR count). The lowest BCUT2D eigenvalue weighted by Gasteiger charge is -2.24. The number of likely N-dealkylation sites (tertiary alicyclic amines) is 1. The van der Waals surface area contributed by atoms with Crippen molar-refractivity contribution in [1.29, 1.82) is 0 Å². The Balaban J connectivity index is 1.49. The molecule has 1 aliphatic heterocycles. The average Bonchev–Trinajstić information content (AvgIpc) is 3.47. The molecule has 1 saturated heterocycles. The first-order valence-electron chi connectivity index (χ1n) is 9.31. The molecule has 0 spiro atoms. The fraction of sp³-hybridized carbons (Fsp3) is 0.300. The van der Waals surface area contributed by atoms with Gasteiger partial charge in [0, 0.05) is 37.7 Å². The second-order valence-corrected chi connectivity index (χ2v) is 7.05. The zero-order chi connectivity index (χ0) is 21.3. The van der Waals surface area contributed by atoms with Crippen LogP contribution in [0.15, 0.2) is 47.2 Å². The topological polar surface area (TPSA) is 102 Å². The second kappa shape index (κ2) is 7.97. The number of carbonyl (C=O) groups excluding carboxylic acids is 2. The van der Waals surface area contributed by atoms with Crippen LogP contribution in [0.2, 0.25) is 0 Å². The van der Waals surface area contributed by atoms with Crippen LogP contribution in [0.4, 0.5) is 4.39 Å². The van der Waals surface area contributed by atoms with Gasteiger partial charge < -0.3 is 19.5 Å². The minimum Gasteiger partial charge on any atom is -0.479 e. The summed E-state index contributed by atoms with van der Waals surface area (Å²) < 4.78 is 24.6. The molecule has 0 unspecified atom stereocenters. The number of carbonyl (C=O) groups is 2. The number of benzene rings is 1. The SMILES string of the molecule is COc1cc(C(=O)NC[C@@H]2CC(=O)N(C)[C@H]2c2cnn(-c3ccc(F)cc3)c2)on1. The Hall–Kier alpha value is -3.69. The summed E-state index contributed by atoms with van der Waals surface area (Å²) in [5.74, 6) is -0.689. The summed E-state index contributed by atoms with van der Waals surface area (Å²) >= 11 is 0. The molecule has 9 nitrogen and oxygen atoms in total. The van der Waals surface area contributed by atoms with Crippen LogP contribution in [0, 0.1) is 11.7 Å². The fourth-order valence-electron chi connectivity index (χ4n) is 3.63. The largest absolute Gasteiger partial charge is 0.479 e. The molecule has 3 aromatic rings. The minimum absolute atomic E-state index is 0.0184. The van der Waals surface area contributed by atoms with Gasteiger partial charge in [-0.15, -0.1) is 0 Å². The highest BCUT2D eigenvalue weighted by Crippen LogP contribution is 2.36. The molecule has 1 N–H and O–H groups in total. The maximum Gasteiger partial charge on any atom is 0.290 e. The quantitative estimate of drug-likeness (QED) is 0.663. The Morgan fingerprint density at radius 3 is 2.83 bits per heavy atom. The van der Waals surface area contributed by atoms with Crippen LogP contribution in [-0.2, 0) is 4.79 Å². The first-order chi connectivity index (χ1) is 14.5. The summed E-state index contributed by atoms with van der Waals surface area (Å²) in [7, 11) is 3.15. The first-order valence-corrected chi connectivity index (χ1v) is 9.31. The van der Waals surface area contributed by atoms with Crippen molar-refractivity contribution in [3.63, 3.8) is 0 Å². The van der Waals surface area contributed by atoms with Crippen LogP contribution in [0.3, 0.4) is 0 Å². The van der Waals surface area contributed by atoms with E-state index in [0.29, 0.717) is 12.1 Å². The van der Waals surface area contributed by atoms with E-state index < -0.39 is 5.91 Å². The third-order valence-corrected chi connectivity index (χ3v) is 5.18.